The fourth-order valence-electron chi connectivity index (χ4n) is 2.19. The second kappa shape index (κ2) is 7.09. The molecule has 2 amide bonds. The molecular formula is C12H21N3O5. The number of nitrogens with one attached hydrogen (secondary N) is 1. The number of hydrogen-bond donors (Lipinski definition) is 3. The second-order valence-corrected chi connectivity index (χ2v) is 4.93. The van der Waals surface area contributed by atoms with E-state index in [4.69, 9.17) is 10.2 Å². The van der Waals surface area contributed by atoms with Gasteiger partial charge in [-0.1, -0.05) is 6.92 Å². The Morgan fingerprint density at radius 3 is 2.45 bits per heavy atom. The van der Waals surface area contributed by atoms with Gasteiger partial charge in [0.05, 0.1) is 6.42 Å². The molecular weight excluding hydrogens is 266 g/mol. The maximum Gasteiger partial charge on any atom is 0.326 e. The number of nitrogens with zero attached hydrogens (tertiary/aromatic N) is 2. The monoisotopic (exact) mass is 287 g/mol. The van der Waals surface area contributed by atoms with E-state index in [1.54, 1.807) is 0 Å². The topological polar surface area (TPSA) is 110 Å². The highest BCUT2D eigenvalue weighted by Crippen LogP contribution is 2.11. The van der Waals surface area contributed by atoms with Crippen molar-refractivity contribution < 1.29 is 24.6 Å². The molecule has 8 nitrogen and oxygen atoms in total. The molecule has 114 valence electrons. The third-order valence-corrected chi connectivity index (χ3v) is 3.51. The highest BCUT2D eigenvalue weighted by molar-refractivity contribution is 5.86. The van der Waals surface area contributed by atoms with E-state index in [1.165, 1.54) is 4.90 Å². The van der Waals surface area contributed by atoms with Crippen LogP contribution in [0.1, 0.15) is 19.8 Å². The third-order valence-electron chi connectivity index (χ3n) is 3.51. The molecule has 8 heteroatoms. The zero-order valence-corrected chi connectivity index (χ0v) is 11.7. The van der Waals surface area contributed by atoms with Crippen molar-refractivity contribution in [1.82, 2.24) is 15.1 Å². The maximum absolute atomic E-state index is 12.0. The predicted octanol–water partition coefficient (Wildman–Crippen LogP) is -0.350. The Morgan fingerprint density at radius 1 is 1.30 bits per heavy atom. The Morgan fingerprint density at radius 2 is 1.95 bits per heavy atom. The smallest absolute Gasteiger partial charge is 0.326 e. The van der Waals surface area contributed by atoms with E-state index in [-0.39, 0.29) is 6.04 Å². The van der Waals surface area contributed by atoms with Gasteiger partial charge in [-0.15, -0.1) is 0 Å². The highest BCUT2D eigenvalue weighted by atomic mass is 16.4. The normalized spacial score (nSPS) is 21.3. The Balaban J connectivity index is 2.60. The summed E-state index contributed by atoms with van der Waals surface area (Å²) in [5.74, 6) is -2.61. The fourth-order valence-corrected chi connectivity index (χ4v) is 2.19. The number of amides is 2. The Hall–Kier alpha value is -1.83. The summed E-state index contributed by atoms with van der Waals surface area (Å²) in [6.07, 6.45) is 0.254. The molecule has 1 unspecified atom stereocenters. The van der Waals surface area contributed by atoms with Crippen LogP contribution in [-0.4, -0.2) is 76.7 Å². The van der Waals surface area contributed by atoms with E-state index in [0.29, 0.717) is 19.6 Å². The van der Waals surface area contributed by atoms with Crippen molar-refractivity contribution in [3.8, 4) is 0 Å². The molecule has 0 aliphatic carbocycles. The van der Waals surface area contributed by atoms with Gasteiger partial charge in [-0.3, -0.25) is 9.69 Å². The third kappa shape index (κ3) is 4.37. The van der Waals surface area contributed by atoms with Crippen molar-refractivity contribution in [1.29, 1.82) is 0 Å². The number of piperazine rings is 1. The molecule has 0 aromatic carbocycles. The number of carbonyl (C=O) groups excluding carboxylic acids is 1. The molecule has 0 aromatic rings. The lowest BCUT2D eigenvalue weighted by Gasteiger charge is -2.39. The Bertz CT molecular complexity index is 387. The number of rotatable bonds is 5. The molecule has 0 aromatic heterocycles. The minimum Gasteiger partial charge on any atom is -0.481 e. The molecule has 0 bridgehead atoms. The second-order valence-electron chi connectivity index (χ2n) is 4.93. The quantitative estimate of drug-likeness (QED) is 0.637. The number of likely N-dealkylation sites (N-methyl/N-ethyl adjacent to an activating group) is 1. The lowest BCUT2D eigenvalue weighted by atomic mass is 10.1. The van der Waals surface area contributed by atoms with Gasteiger partial charge in [0, 0.05) is 25.7 Å². The zero-order chi connectivity index (χ0) is 15.3. The van der Waals surface area contributed by atoms with E-state index in [1.807, 2.05) is 14.0 Å². The summed E-state index contributed by atoms with van der Waals surface area (Å²) < 4.78 is 0. The van der Waals surface area contributed by atoms with Crippen LogP contribution < -0.4 is 5.32 Å². The summed E-state index contributed by atoms with van der Waals surface area (Å²) in [5, 5.41) is 19.8. The maximum atomic E-state index is 12.0. The average molecular weight is 287 g/mol. The van der Waals surface area contributed by atoms with Crippen LogP contribution in [0.4, 0.5) is 4.79 Å². The van der Waals surface area contributed by atoms with Gasteiger partial charge in [0.2, 0.25) is 0 Å². The molecule has 3 N–H and O–H groups in total. The lowest BCUT2D eigenvalue weighted by molar-refractivity contribution is -0.145. The van der Waals surface area contributed by atoms with Crippen molar-refractivity contribution in [2.24, 2.45) is 0 Å². The summed E-state index contributed by atoms with van der Waals surface area (Å²) in [6, 6.07) is -1.69. The molecule has 1 rings (SSSR count). The van der Waals surface area contributed by atoms with Gasteiger partial charge in [0.25, 0.3) is 0 Å². The van der Waals surface area contributed by atoms with Crippen LogP contribution >= 0.6 is 0 Å². The number of aliphatic carboxylic acids is 2. The van der Waals surface area contributed by atoms with Crippen molar-refractivity contribution in [3.63, 3.8) is 0 Å². The first-order valence-electron chi connectivity index (χ1n) is 6.55. The van der Waals surface area contributed by atoms with E-state index in [2.05, 4.69) is 10.2 Å². The summed E-state index contributed by atoms with van der Waals surface area (Å²) in [7, 11) is 1.98. The van der Waals surface area contributed by atoms with Crippen LogP contribution in [0, 0.1) is 0 Å². The molecule has 1 saturated heterocycles. The highest BCUT2D eigenvalue weighted by Gasteiger charge is 2.29. The predicted molar refractivity (Wildman–Crippen MR) is 70.5 cm³/mol. The first kappa shape index (κ1) is 16.2. The zero-order valence-electron chi connectivity index (χ0n) is 11.7. The van der Waals surface area contributed by atoms with Crippen molar-refractivity contribution in [2.75, 3.05) is 26.7 Å². The molecule has 2 atom stereocenters. The van der Waals surface area contributed by atoms with Crippen LogP contribution in [0.15, 0.2) is 0 Å². The fraction of sp³-hybridized carbons (Fsp3) is 0.750. The van der Waals surface area contributed by atoms with Crippen molar-refractivity contribution in [2.45, 2.75) is 31.8 Å². The van der Waals surface area contributed by atoms with E-state index >= 15 is 0 Å². The summed E-state index contributed by atoms with van der Waals surface area (Å²) in [5.41, 5.74) is 0. The van der Waals surface area contributed by atoms with Crippen molar-refractivity contribution >= 4 is 18.0 Å². The van der Waals surface area contributed by atoms with Gasteiger partial charge < -0.3 is 20.4 Å². The van der Waals surface area contributed by atoms with E-state index in [9.17, 15) is 14.4 Å². The number of urea groups is 1. The van der Waals surface area contributed by atoms with Gasteiger partial charge in [-0.2, -0.15) is 0 Å². The van der Waals surface area contributed by atoms with Gasteiger partial charge in [0.1, 0.15) is 6.04 Å². The first-order chi connectivity index (χ1) is 9.35. The van der Waals surface area contributed by atoms with Gasteiger partial charge in [-0.25, -0.2) is 9.59 Å². The Kier molecular flexibility index (Phi) is 5.75. The van der Waals surface area contributed by atoms with Crippen molar-refractivity contribution in [3.05, 3.63) is 0 Å². The number of carbonyl (C=O) groups is 3. The van der Waals surface area contributed by atoms with Crippen LogP contribution in [0.3, 0.4) is 0 Å². The van der Waals surface area contributed by atoms with Crippen LogP contribution in [0.25, 0.3) is 0 Å². The lowest BCUT2D eigenvalue weighted by Crippen LogP contribution is -2.57. The van der Waals surface area contributed by atoms with E-state index in [0.717, 1.165) is 6.42 Å². The SMILES string of the molecule is CCC1CN(C(=O)N[C@H](CC(=O)O)C(=O)O)CCN1C. The van der Waals surface area contributed by atoms with Gasteiger partial charge in [0.15, 0.2) is 0 Å². The van der Waals surface area contributed by atoms with E-state index < -0.39 is 30.4 Å². The van der Waals surface area contributed by atoms with Gasteiger partial charge >= 0.3 is 18.0 Å². The largest absolute Gasteiger partial charge is 0.481 e. The molecule has 1 fully saturated rings. The molecule has 20 heavy (non-hydrogen) atoms. The first-order valence-corrected chi connectivity index (χ1v) is 6.55. The number of carboxylic acid groups (broad SMARTS) is 2. The number of carboxylic acids is 2. The minimum absolute atomic E-state index is 0.234. The number of hydrogen-bond acceptors (Lipinski definition) is 4. The summed E-state index contributed by atoms with van der Waals surface area (Å²) in [6.45, 7) is 3.74. The van der Waals surface area contributed by atoms with Crippen LogP contribution in [0.2, 0.25) is 0 Å². The van der Waals surface area contributed by atoms with Gasteiger partial charge in [-0.05, 0) is 13.5 Å². The molecule has 0 spiro atoms. The van der Waals surface area contributed by atoms with Crippen LogP contribution in [0.5, 0.6) is 0 Å². The summed E-state index contributed by atoms with van der Waals surface area (Å²) in [4.78, 5) is 37.2. The minimum atomic E-state index is -1.40. The average Bonchev–Trinajstić information content (AvgIpc) is 2.37. The molecule has 1 aliphatic heterocycles. The summed E-state index contributed by atoms with van der Waals surface area (Å²) >= 11 is 0. The van der Waals surface area contributed by atoms with Crippen LogP contribution in [-0.2, 0) is 9.59 Å². The molecule has 0 saturated carbocycles. The Labute approximate surface area is 117 Å². The molecule has 1 aliphatic rings. The molecule has 1 heterocycles. The molecule has 0 radical (unpaired) electrons. The standard InChI is InChI=1S/C12H21N3O5/c1-3-8-7-15(5-4-14(8)2)12(20)13-9(11(18)19)6-10(16)17/h8-9H,3-7H2,1-2H3,(H,13,20)(H,16,17)(H,18,19)/t8?,9-/m1/s1.